The maximum atomic E-state index is 11.4. The molecule has 15 heavy (non-hydrogen) atoms. The van der Waals surface area contributed by atoms with Crippen molar-refractivity contribution in [3.63, 3.8) is 0 Å². The van der Waals surface area contributed by atoms with Crippen molar-refractivity contribution in [1.29, 1.82) is 0 Å². The van der Waals surface area contributed by atoms with E-state index in [9.17, 15) is 9.59 Å². The maximum absolute atomic E-state index is 11.4. The first-order chi connectivity index (χ1) is 7.11. The number of hydrogen-bond acceptors (Lipinski definition) is 3. The molecule has 0 unspecified atom stereocenters. The lowest BCUT2D eigenvalue weighted by Gasteiger charge is -2.03. The molecule has 80 valence electrons. The molecule has 1 amide bonds. The minimum Gasteiger partial charge on any atom is -0.352 e. The zero-order valence-corrected chi connectivity index (χ0v) is 8.56. The van der Waals surface area contributed by atoms with Crippen LogP contribution < -0.4 is 5.32 Å². The Balaban J connectivity index is 2.30. The topological polar surface area (TPSA) is 64.0 Å². The minimum absolute atomic E-state index is 0.102. The number of nitrogens with zero attached hydrogens (tertiary/aromatic N) is 2. The fraction of sp³-hybridized carbons (Fsp3) is 0.300. The van der Waals surface area contributed by atoms with E-state index in [0.29, 0.717) is 12.1 Å². The van der Waals surface area contributed by atoms with Crippen LogP contribution in [-0.2, 0) is 4.79 Å². The summed E-state index contributed by atoms with van der Waals surface area (Å²) in [6.45, 7) is 5.42. The molecule has 0 aliphatic rings. The summed E-state index contributed by atoms with van der Waals surface area (Å²) in [5, 5.41) is 2.58. The van der Waals surface area contributed by atoms with Gasteiger partial charge in [-0.05, 0) is 6.92 Å². The van der Waals surface area contributed by atoms with Crippen LogP contribution in [0.3, 0.4) is 0 Å². The van der Waals surface area contributed by atoms with Gasteiger partial charge in [-0.1, -0.05) is 6.58 Å². The van der Waals surface area contributed by atoms with Crippen molar-refractivity contribution in [2.45, 2.75) is 13.3 Å². The van der Waals surface area contributed by atoms with E-state index in [2.05, 4.69) is 16.9 Å². The number of carbonyl (C=O) groups is 2. The van der Waals surface area contributed by atoms with E-state index in [1.165, 1.54) is 17.1 Å². The van der Waals surface area contributed by atoms with Crippen LogP contribution in [0.25, 0.3) is 0 Å². The van der Waals surface area contributed by atoms with Crippen molar-refractivity contribution >= 4 is 11.8 Å². The Morgan fingerprint density at radius 3 is 2.80 bits per heavy atom. The highest BCUT2D eigenvalue weighted by molar-refractivity contribution is 5.92. The monoisotopic (exact) mass is 207 g/mol. The molecule has 1 aromatic heterocycles. The Kier molecular flexibility index (Phi) is 3.79. The first-order valence-electron chi connectivity index (χ1n) is 4.56. The summed E-state index contributed by atoms with van der Waals surface area (Å²) in [7, 11) is 0. The lowest BCUT2D eigenvalue weighted by Crippen LogP contribution is -2.27. The highest BCUT2D eigenvalue weighted by Crippen LogP contribution is 1.91. The van der Waals surface area contributed by atoms with Crippen molar-refractivity contribution in [3.05, 3.63) is 30.9 Å². The third-order valence-electron chi connectivity index (χ3n) is 1.80. The van der Waals surface area contributed by atoms with Crippen molar-refractivity contribution in [2.75, 3.05) is 6.54 Å². The second kappa shape index (κ2) is 5.09. The fourth-order valence-electron chi connectivity index (χ4n) is 0.970. The van der Waals surface area contributed by atoms with Crippen molar-refractivity contribution < 1.29 is 9.59 Å². The number of carbonyl (C=O) groups excluding carboxylic acids is 2. The molecule has 1 aromatic rings. The molecule has 0 saturated heterocycles. The normalized spacial score (nSPS) is 9.67. The highest BCUT2D eigenvalue weighted by Gasteiger charge is 2.05. The van der Waals surface area contributed by atoms with Gasteiger partial charge in [0.05, 0.1) is 0 Å². The van der Waals surface area contributed by atoms with E-state index in [1.54, 1.807) is 13.1 Å². The van der Waals surface area contributed by atoms with E-state index >= 15 is 0 Å². The molecule has 0 fully saturated rings. The van der Waals surface area contributed by atoms with Gasteiger partial charge in [0.15, 0.2) is 0 Å². The molecule has 0 saturated carbocycles. The van der Waals surface area contributed by atoms with Crippen LogP contribution in [0.2, 0.25) is 0 Å². The standard InChI is InChI=1S/C10H13N3O2/c1-8(2)10(15)12-4-3-9(14)13-6-5-11-7-13/h5-7H,1,3-4H2,2H3,(H,12,15). The largest absolute Gasteiger partial charge is 0.352 e. The summed E-state index contributed by atoms with van der Waals surface area (Å²) in [5.41, 5.74) is 0.435. The van der Waals surface area contributed by atoms with Crippen LogP contribution in [-0.4, -0.2) is 27.9 Å². The van der Waals surface area contributed by atoms with Gasteiger partial charge in [0.25, 0.3) is 0 Å². The van der Waals surface area contributed by atoms with Gasteiger partial charge >= 0.3 is 0 Å². The number of aromatic nitrogens is 2. The second-order valence-corrected chi connectivity index (χ2v) is 3.15. The molecule has 0 atom stereocenters. The van der Waals surface area contributed by atoms with Crippen LogP contribution in [0.15, 0.2) is 30.9 Å². The molecule has 5 nitrogen and oxygen atoms in total. The maximum Gasteiger partial charge on any atom is 0.246 e. The van der Waals surface area contributed by atoms with E-state index in [1.807, 2.05) is 0 Å². The van der Waals surface area contributed by atoms with Gasteiger partial charge in [-0.15, -0.1) is 0 Å². The zero-order valence-electron chi connectivity index (χ0n) is 8.56. The van der Waals surface area contributed by atoms with Crippen molar-refractivity contribution in [3.8, 4) is 0 Å². The van der Waals surface area contributed by atoms with Crippen LogP contribution in [0.4, 0.5) is 0 Å². The Morgan fingerprint density at radius 2 is 2.27 bits per heavy atom. The van der Waals surface area contributed by atoms with Crippen molar-refractivity contribution in [2.24, 2.45) is 0 Å². The molecule has 1 heterocycles. The van der Waals surface area contributed by atoms with Crippen LogP contribution in [0.5, 0.6) is 0 Å². The zero-order chi connectivity index (χ0) is 11.3. The summed E-state index contributed by atoms with van der Waals surface area (Å²) >= 11 is 0. The van der Waals surface area contributed by atoms with Gasteiger partial charge < -0.3 is 5.32 Å². The van der Waals surface area contributed by atoms with E-state index in [0.717, 1.165) is 0 Å². The van der Waals surface area contributed by atoms with Gasteiger partial charge in [-0.2, -0.15) is 0 Å². The average molecular weight is 207 g/mol. The minimum atomic E-state index is -0.228. The number of hydrogen-bond donors (Lipinski definition) is 1. The summed E-state index contributed by atoms with van der Waals surface area (Å²) in [6, 6.07) is 0. The third-order valence-corrected chi connectivity index (χ3v) is 1.80. The Bertz CT molecular complexity index is 368. The number of amides is 1. The van der Waals surface area contributed by atoms with Gasteiger partial charge in [0, 0.05) is 30.9 Å². The van der Waals surface area contributed by atoms with E-state index in [-0.39, 0.29) is 18.2 Å². The lowest BCUT2D eigenvalue weighted by molar-refractivity contribution is -0.117. The lowest BCUT2D eigenvalue weighted by atomic mass is 10.3. The first kappa shape index (κ1) is 11.2. The van der Waals surface area contributed by atoms with Crippen LogP contribution in [0.1, 0.15) is 18.1 Å². The fourth-order valence-corrected chi connectivity index (χ4v) is 0.970. The Morgan fingerprint density at radius 1 is 1.53 bits per heavy atom. The smallest absolute Gasteiger partial charge is 0.246 e. The summed E-state index contributed by atoms with van der Waals surface area (Å²) < 4.78 is 1.38. The molecule has 1 N–H and O–H groups in total. The molecule has 0 aliphatic heterocycles. The predicted molar refractivity (Wildman–Crippen MR) is 55.3 cm³/mol. The first-order valence-corrected chi connectivity index (χ1v) is 4.56. The van der Waals surface area contributed by atoms with E-state index < -0.39 is 0 Å². The highest BCUT2D eigenvalue weighted by atomic mass is 16.2. The molecule has 0 aromatic carbocycles. The van der Waals surface area contributed by atoms with Gasteiger partial charge in [0.2, 0.25) is 11.8 Å². The number of nitrogens with one attached hydrogen (secondary N) is 1. The molecule has 0 radical (unpaired) electrons. The quantitative estimate of drug-likeness (QED) is 0.735. The predicted octanol–water partition coefficient (Wildman–Crippen LogP) is 0.606. The third kappa shape index (κ3) is 3.38. The number of imidazole rings is 1. The molecule has 1 rings (SSSR count). The summed E-state index contributed by atoms with van der Waals surface area (Å²) in [4.78, 5) is 26.2. The van der Waals surface area contributed by atoms with Crippen LogP contribution in [0, 0.1) is 0 Å². The van der Waals surface area contributed by atoms with Gasteiger partial charge in [0.1, 0.15) is 6.33 Å². The summed E-state index contributed by atoms with van der Waals surface area (Å²) in [5.74, 6) is -0.331. The van der Waals surface area contributed by atoms with E-state index in [4.69, 9.17) is 0 Å². The molecule has 0 spiro atoms. The SMILES string of the molecule is C=C(C)C(=O)NCCC(=O)n1ccnc1. The number of rotatable bonds is 4. The summed E-state index contributed by atoms with van der Waals surface area (Å²) in [6.07, 6.45) is 4.78. The molecular formula is C10H13N3O2. The molecule has 0 bridgehead atoms. The Hall–Kier alpha value is -1.91. The second-order valence-electron chi connectivity index (χ2n) is 3.15. The van der Waals surface area contributed by atoms with Gasteiger partial charge in [-0.3, -0.25) is 14.2 Å². The molecule has 5 heteroatoms. The van der Waals surface area contributed by atoms with Crippen molar-refractivity contribution in [1.82, 2.24) is 14.9 Å². The average Bonchev–Trinajstić information content (AvgIpc) is 2.70. The molecule has 0 aliphatic carbocycles. The van der Waals surface area contributed by atoms with Crippen LogP contribution >= 0.6 is 0 Å². The Labute approximate surface area is 87.8 Å². The molecular weight excluding hydrogens is 194 g/mol. The van der Waals surface area contributed by atoms with Gasteiger partial charge in [-0.25, -0.2) is 4.98 Å².